The van der Waals surface area contributed by atoms with E-state index in [9.17, 15) is 14.4 Å². The first-order valence-electron chi connectivity index (χ1n) is 9.30. The van der Waals surface area contributed by atoms with Crippen LogP contribution in [0, 0.1) is 0 Å². The van der Waals surface area contributed by atoms with Crippen molar-refractivity contribution in [2.24, 2.45) is 0 Å². The smallest absolute Gasteiger partial charge is 0.338 e. The van der Waals surface area contributed by atoms with Gasteiger partial charge >= 0.3 is 5.97 Å². The number of benzene rings is 2. The van der Waals surface area contributed by atoms with Crippen molar-refractivity contribution < 1.29 is 19.1 Å². The van der Waals surface area contributed by atoms with E-state index in [1.54, 1.807) is 56.5 Å². The predicted octanol–water partition coefficient (Wildman–Crippen LogP) is 2.73. The lowest BCUT2D eigenvalue weighted by Crippen LogP contribution is -2.29. The van der Waals surface area contributed by atoms with Gasteiger partial charge in [0.05, 0.1) is 25.0 Å². The Morgan fingerprint density at radius 1 is 1.00 bits per heavy atom. The summed E-state index contributed by atoms with van der Waals surface area (Å²) in [6.07, 6.45) is 0. The third kappa shape index (κ3) is 5.11. The summed E-state index contributed by atoms with van der Waals surface area (Å²) in [6, 6.07) is 16.5. The van der Waals surface area contributed by atoms with Gasteiger partial charge in [0.25, 0.3) is 5.56 Å². The molecule has 0 saturated carbocycles. The minimum Gasteiger partial charge on any atom is -0.497 e. The molecule has 1 N–H and O–H groups in total. The second kappa shape index (κ2) is 9.51. The molecule has 8 nitrogen and oxygen atoms in total. The van der Waals surface area contributed by atoms with E-state index >= 15 is 0 Å². The molecule has 1 heterocycles. The number of aromatic nitrogens is 2. The van der Waals surface area contributed by atoms with Crippen molar-refractivity contribution in [1.82, 2.24) is 9.78 Å². The van der Waals surface area contributed by atoms with E-state index in [0.717, 1.165) is 10.2 Å². The van der Waals surface area contributed by atoms with Crippen LogP contribution in [0.1, 0.15) is 17.3 Å². The highest BCUT2D eigenvalue weighted by Gasteiger charge is 2.10. The number of ether oxygens (including phenoxy) is 2. The standard InChI is InChI=1S/C22H21N3O5/c1-3-30-22(28)16-4-8-17(9-5-16)23-20(26)14-25-21(27)13-12-19(24-25)15-6-10-18(29-2)11-7-15/h4-13H,3,14H2,1-2H3,(H,23,26). The van der Waals surface area contributed by atoms with E-state index in [0.29, 0.717) is 22.7 Å². The number of rotatable bonds is 7. The van der Waals surface area contributed by atoms with Gasteiger partial charge in [0.1, 0.15) is 12.3 Å². The molecule has 1 aromatic heterocycles. The van der Waals surface area contributed by atoms with Crippen molar-refractivity contribution in [3.05, 3.63) is 76.6 Å². The van der Waals surface area contributed by atoms with Crippen molar-refractivity contribution in [1.29, 1.82) is 0 Å². The van der Waals surface area contributed by atoms with E-state index in [4.69, 9.17) is 9.47 Å². The average Bonchev–Trinajstić information content (AvgIpc) is 2.76. The number of nitrogens with one attached hydrogen (secondary N) is 1. The van der Waals surface area contributed by atoms with Gasteiger partial charge in [0.15, 0.2) is 0 Å². The number of amides is 1. The normalized spacial score (nSPS) is 10.3. The SMILES string of the molecule is CCOC(=O)c1ccc(NC(=O)Cn2nc(-c3ccc(OC)cc3)ccc2=O)cc1. The summed E-state index contributed by atoms with van der Waals surface area (Å²) in [5.41, 5.74) is 1.84. The molecule has 0 atom stereocenters. The fourth-order valence-corrected chi connectivity index (χ4v) is 2.72. The third-order valence-corrected chi connectivity index (χ3v) is 4.23. The van der Waals surface area contributed by atoms with Gasteiger partial charge in [-0.1, -0.05) is 0 Å². The summed E-state index contributed by atoms with van der Waals surface area (Å²) >= 11 is 0. The van der Waals surface area contributed by atoms with Crippen LogP contribution in [0.15, 0.2) is 65.5 Å². The van der Waals surface area contributed by atoms with Crippen molar-refractivity contribution in [2.45, 2.75) is 13.5 Å². The first-order chi connectivity index (χ1) is 14.5. The Morgan fingerprint density at radius 3 is 2.33 bits per heavy atom. The van der Waals surface area contributed by atoms with Gasteiger partial charge in [-0.05, 0) is 61.5 Å². The predicted molar refractivity (Wildman–Crippen MR) is 112 cm³/mol. The topological polar surface area (TPSA) is 99.5 Å². The number of hydrogen-bond acceptors (Lipinski definition) is 6. The van der Waals surface area contributed by atoms with Crippen LogP contribution in [0.25, 0.3) is 11.3 Å². The molecular weight excluding hydrogens is 386 g/mol. The van der Waals surface area contributed by atoms with Crippen LogP contribution in [0.4, 0.5) is 5.69 Å². The molecule has 3 rings (SSSR count). The Morgan fingerprint density at radius 2 is 1.70 bits per heavy atom. The molecule has 0 spiro atoms. The maximum Gasteiger partial charge on any atom is 0.338 e. The van der Waals surface area contributed by atoms with E-state index in [1.807, 2.05) is 12.1 Å². The highest BCUT2D eigenvalue weighted by molar-refractivity contribution is 5.93. The van der Waals surface area contributed by atoms with Crippen molar-refractivity contribution in [3.8, 4) is 17.0 Å². The van der Waals surface area contributed by atoms with Crippen molar-refractivity contribution in [2.75, 3.05) is 19.0 Å². The lowest BCUT2D eigenvalue weighted by molar-refractivity contribution is -0.117. The Bertz CT molecular complexity index is 1090. The quantitative estimate of drug-likeness (QED) is 0.605. The van der Waals surface area contributed by atoms with Crippen LogP contribution >= 0.6 is 0 Å². The zero-order chi connectivity index (χ0) is 21.5. The number of nitrogens with zero attached hydrogens (tertiary/aromatic N) is 2. The van der Waals surface area contributed by atoms with Gasteiger partial charge in [0, 0.05) is 17.3 Å². The zero-order valence-electron chi connectivity index (χ0n) is 16.6. The van der Waals surface area contributed by atoms with Gasteiger partial charge in [-0.25, -0.2) is 9.48 Å². The fourth-order valence-electron chi connectivity index (χ4n) is 2.72. The first-order valence-corrected chi connectivity index (χ1v) is 9.30. The molecule has 0 aliphatic carbocycles. The van der Waals surface area contributed by atoms with Crippen LogP contribution in [0.3, 0.4) is 0 Å². The molecule has 2 aromatic carbocycles. The van der Waals surface area contributed by atoms with Crippen molar-refractivity contribution >= 4 is 17.6 Å². The largest absolute Gasteiger partial charge is 0.497 e. The second-order valence-electron chi connectivity index (χ2n) is 6.29. The zero-order valence-corrected chi connectivity index (χ0v) is 16.6. The molecule has 154 valence electrons. The first kappa shape index (κ1) is 20.8. The molecule has 0 fully saturated rings. The summed E-state index contributed by atoms with van der Waals surface area (Å²) in [5, 5.41) is 6.96. The van der Waals surface area contributed by atoms with Crippen LogP contribution < -0.4 is 15.6 Å². The van der Waals surface area contributed by atoms with Gasteiger partial charge in [0.2, 0.25) is 5.91 Å². The van der Waals surface area contributed by atoms with Gasteiger partial charge in [-0.3, -0.25) is 9.59 Å². The number of carbonyl (C=O) groups is 2. The molecule has 0 aliphatic heterocycles. The molecule has 0 aliphatic rings. The minimum absolute atomic E-state index is 0.248. The van der Waals surface area contributed by atoms with Gasteiger partial charge in [-0.15, -0.1) is 0 Å². The molecule has 0 saturated heterocycles. The number of hydrogen-bond donors (Lipinski definition) is 1. The molecule has 1 amide bonds. The fraction of sp³-hybridized carbons (Fsp3) is 0.182. The molecule has 0 bridgehead atoms. The summed E-state index contributed by atoms with van der Waals surface area (Å²) < 4.78 is 11.2. The summed E-state index contributed by atoms with van der Waals surface area (Å²) in [6.45, 7) is 1.77. The number of methoxy groups -OCH3 is 1. The molecule has 0 radical (unpaired) electrons. The molecule has 8 heteroatoms. The van der Waals surface area contributed by atoms with E-state index in [-0.39, 0.29) is 18.7 Å². The molecule has 30 heavy (non-hydrogen) atoms. The van der Waals surface area contributed by atoms with Crippen LogP contribution in [-0.4, -0.2) is 35.4 Å². The number of esters is 1. The minimum atomic E-state index is -0.429. The van der Waals surface area contributed by atoms with E-state index < -0.39 is 11.9 Å². The molecule has 3 aromatic rings. The van der Waals surface area contributed by atoms with Crippen LogP contribution in [0.5, 0.6) is 5.75 Å². The Balaban J connectivity index is 1.70. The lowest BCUT2D eigenvalue weighted by atomic mass is 10.1. The van der Waals surface area contributed by atoms with Gasteiger partial charge < -0.3 is 14.8 Å². The van der Waals surface area contributed by atoms with Crippen LogP contribution in [-0.2, 0) is 16.1 Å². The number of anilines is 1. The molecule has 0 unspecified atom stereocenters. The third-order valence-electron chi connectivity index (χ3n) is 4.23. The Labute approximate surface area is 173 Å². The summed E-state index contributed by atoms with van der Waals surface area (Å²) in [7, 11) is 1.58. The summed E-state index contributed by atoms with van der Waals surface area (Å²) in [5.74, 6) is -0.137. The van der Waals surface area contributed by atoms with Gasteiger partial charge in [-0.2, -0.15) is 5.10 Å². The highest BCUT2D eigenvalue weighted by atomic mass is 16.5. The van der Waals surface area contributed by atoms with Crippen LogP contribution in [0.2, 0.25) is 0 Å². The lowest BCUT2D eigenvalue weighted by Gasteiger charge is -2.09. The maximum absolute atomic E-state index is 12.4. The highest BCUT2D eigenvalue weighted by Crippen LogP contribution is 2.19. The number of carbonyl (C=O) groups excluding carboxylic acids is 2. The monoisotopic (exact) mass is 407 g/mol. The molecular formula is C22H21N3O5. The average molecular weight is 407 g/mol. The van der Waals surface area contributed by atoms with Crippen molar-refractivity contribution in [3.63, 3.8) is 0 Å². The van der Waals surface area contributed by atoms with E-state index in [2.05, 4.69) is 10.4 Å². The summed E-state index contributed by atoms with van der Waals surface area (Å²) in [4.78, 5) is 36.2. The Kier molecular flexibility index (Phi) is 6.59. The Hall–Kier alpha value is -3.94. The maximum atomic E-state index is 12.4. The van der Waals surface area contributed by atoms with E-state index in [1.165, 1.54) is 6.07 Å². The second-order valence-corrected chi connectivity index (χ2v) is 6.29.